The van der Waals surface area contributed by atoms with Crippen LogP contribution < -0.4 is 10.1 Å². The quantitative estimate of drug-likeness (QED) is 0.658. The molecule has 0 bridgehead atoms. The van der Waals surface area contributed by atoms with Crippen molar-refractivity contribution in [3.63, 3.8) is 0 Å². The van der Waals surface area contributed by atoms with Crippen LogP contribution >= 0.6 is 0 Å². The van der Waals surface area contributed by atoms with Crippen molar-refractivity contribution < 1.29 is 14.3 Å². The molecule has 5 heteroatoms. The molecular formula is C20H32N2O3. The number of rotatable bonds is 9. The van der Waals surface area contributed by atoms with E-state index in [1.165, 1.54) is 19.3 Å². The van der Waals surface area contributed by atoms with Gasteiger partial charge in [0.25, 0.3) is 0 Å². The summed E-state index contributed by atoms with van der Waals surface area (Å²) in [6, 6.07) is 7.50. The summed E-state index contributed by atoms with van der Waals surface area (Å²) in [5, 5.41) is 2.81. The molecule has 1 aliphatic rings. The Labute approximate surface area is 151 Å². The molecule has 1 atom stereocenters. The number of benzene rings is 1. The molecule has 1 aliphatic heterocycles. The molecule has 0 aromatic heterocycles. The highest BCUT2D eigenvalue weighted by Crippen LogP contribution is 2.24. The Kier molecular flexibility index (Phi) is 8.60. The number of nitrogens with zero attached hydrogens (tertiary/aromatic N) is 1. The van der Waals surface area contributed by atoms with Crippen LogP contribution in [0, 0.1) is 0 Å². The zero-order valence-electron chi connectivity index (χ0n) is 15.6. The van der Waals surface area contributed by atoms with Gasteiger partial charge in [-0.3, -0.25) is 10.2 Å². The zero-order chi connectivity index (χ0) is 17.9. The standard InChI is InChI=1S/C20H32N2O3/c1-3-4-10-15-24-19-12-7-6-11-18(19)21-20(23)25-17(2)16-22-13-8-5-9-14-22/h6-7,11-12,17H,3-5,8-10,13-16H2,1-2H3,(H,21,23)/t17-/m1/s1. The van der Waals surface area contributed by atoms with Crippen molar-refractivity contribution in [2.45, 2.75) is 58.5 Å². The predicted octanol–water partition coefficient (Wildman–Crippen LogP) is 4.68. The van der Waals surface area contributed by atoms with Gasteiger partial charge in [-0.2, -0.15) is 0 Å². The highest BCUT2D eigenvalue weighted by atomic mass is 16.6. The SMILES string of the molecule is CCCCCOc1ccccc1NC(=O)O[C@H](C)CN1CCCCC1. The molecule has 0 spiro atoms. The summed E-state index contributed by atoms with van der Waals surface area (Å²) in [7, 11) is 0. The molecule has 25 heavy (non-hydrogen) atoms. The molecule has 1 aromatic carbocycles. The third kappa shape index (κ3) is 7.34. The zero-order valence-corrected chi connectivity index (χ0v) is 15.6. The summed E-state index contributed by atoms with van der Waals surface area (Å²) in [6.45, 7) is 7.76. The van der Waals surface area contributed by atoms with E-state index in [-0.39, 0.29) is 6.10 Å². The largest absolute Gasteiger partial charge is 0.491 e. The van der Waals surface area contributed by atoms with E-state index in [1.807, 2.05) is 31.2 Å². The molecule has 1 fully saturated rings. The Balaban J connectivity index is 1.78. The number of unbranched alkanes of at least 4 members (excludes halogenated alkanes) is 2. The third-order valence-corrected chi connectivity index (χ3v) is 4.40. The van der Waals surface area contributed by atoms with E-state index in [9.17, 15) is 4.79 Å². The Morgan fingerprint density at radius 3 is 2.72 bits per heavy atom. The van der Waals surface area contributed by atoms with Crippen molar-refractivity contribution >= 4 is 11.8 Å². The van der Waals surface area contributed by atoms with Crippen LogP contribution in [-0.2, 0) is 4.74 Å². The van der Waals surface area contributed by atoms with Crippen molar-refractivity contribution in [3.8, 4) is 5.75 Å². The summed E-state index contributed by atoms with van der Waals surface area (Å²) in [6.07, 6.45) is 6.55. The van der Waals surface area contributed by atoms with E-state index < -0.39 is 6.09 Å². The van der Waals surface area contributed by atoms with E-state index in [1.54, 1.807) is 0 Å². The molecule has 1 saturated heterocycles. The van der Waals surface area contributed by atoms with Crippen LogP contribution in [0.25, 0.3) is 0 Å². The first-order valence-electron chi connectivity index (χ1n) is 9.61. The lowest BCUT2D eigenvalue weighted by Crippen LogP contribution is -2.37. The van der Waals surface area contributed by atoms with Gasteiger partial charge in [-0.15, -0.1) is 0 Å². The minimum Gasteiger partial charge on any atom is -0.491 e. The predicted molar refractivity (Wildman–Crippen MR) is 101 cm³/mol. The maximum absolute atomic E-state index is 12.2. The van der Waals surface area contributed by atoms with E-state index in [4.69, 9.17) is 9.47 Å². The topological polar surface area (TPSA) is 50.8 Å². The van der Waals surface area contributed by atoms with Crippen molar-refractivity contribution in [3.05, 3.63) is 24.3 Å². The first-order chi connectivity index (χ1) is 12.2. The number of hydrogen-bond donors (Lipinski definition) is 1. The van der Waals surface area contributed by atoms with Crippen molar-refractivity contribution in [1.29, 1.82) is 0 Å². The van der Waals surface area contributed by atoms with Crippen LogP contribution in [0.5, 0.6) is 5.75 Å². The molecule has 0 unspecified atom stereocenters. The fourth-order valence-electron chi connectivity index (χ4n) is 3.09. The second-order valence-electron chi connectivity index (χ2n) is 6.75. The smallest absolute Gasteiger partial charge is 0.412 e. The van der Waals surface area contributed by atoms with Gasteiger partial charge in [0.2, 0.25) is 0 Å². The molecule has 140 valence electrons. The highest BCUT2D eigenvalue weighted by molar-refractivity contribution is 5.86. The molecule has 1 heterocycles. The van der Waals surface area contributed by atoms with Gasteiger partial charge in [-0.25, -0.2) is 4.79 Å². The molecule has 0 aliphatic carbocycles. The number of ether oxygens (including phenoxy) is 2. The summed E-state index contributed by atoms with van der Waals surface area (Å²) in [5.74, 6) is 0.694. The average molecular weight is 348 g/mol. The Morgan fingerprint density at radius 2 is 1.96 bits per heavy atom. The molecule has 1 N–H and O–H groups in total. The normalized spacial score (nSPS) is 16.2. The molecule has 1 aromatic rings. The second kappa shape index (κ2) is 11.0. The van der Waals surface area contributed by atoms with Gasteiger partial charge in [0.1, 0.15) is 11.9 Å². The monoisotopic (exact) mass is 348 g/mol. The molecule has 0 saturated carbocycles. The molecule has 1 amide bonds. The van der Waals surface area contributed by atoms with Crippen LogP contribution in [0.4, 0.5) is 10.5 Å². The summed E-state index contributed by atoms with van der Waals surface area (Å²) >= 11 is 0. The van der Waals surface area contributed by atoms with E-state index >= 15 is 0 Å². The number of carbonyl (C=O) groups is 1. The number of piperidine rings is 1. The van der Waals surface area contributed by atoms with E-state index in [0.29, 0.717) is 18.0 Å². The van der Waals surface area contributed by atoms with Crippen LogP contribution in [0.3, 0.4) is 0 Å². The summed E-state index contributed by atoms with van der Waals surface area (Å²) in [4.78, 5) is 14.6. The maximum Gasteiger partial charge on any atom is 0.412 e. The van der Waals surface area contributed by atoms with E-state index in [0.717, 1.165) is 38.9 Å². The fourth-order valence-corrected chi connectivity index (χ4v) is 3.09. The lowest BCUT2D eigenvalue weighted by atomic mass is 10.1. The van der Waals surface area contributed by atoms with Gasteiger partial charge in [-0.1, -0.05) is 38.3 Å². The van der Waals surface area contributed by atoms with Crippen molar-refractivity contribution in [1.82, 2.24) is 4.90 Å². The van der Waals surface area contributed by atoms with Crippen LogP contribution in [0.2, 0.25) is 0 Å². The van der Waals surface area contributed by atoms with Crippen LogP contribution in [0.1, 0.15) is 52.4 Å². The van der Waals surface area contributed by atoms with Crippen molar-refractivity contribution in [2.24, 2.45) is 0 Å². The third-order valence-electron chi connectivity index (χ3n) is 4.40. The minimum absolute atomic E-state index is 0.129. The summed E-state index contributed by atoms with van der Waals surface area (Å²) in [5.41, 5.74) is 0.661. The lowest BCUT2D eigenvalue weighted by Gasteiger charge is -2.28. The molecule has 0 radical (unpaired) electrons. The van der Waals surface area contributed by atoms with E-state index in [2.05, 4.69) is 17.1 Å². The van der Waals surface area contributed by atoms with Crippen LogP contribution in [0.15, 0.2) is 24.3 Å². The number of hydrogen-bond acceptors (Lipinski definition) is 4. The van der Waals surface area contributed by atoms with Gasteiger partial charge in [-0.05, 0) is 51.4 Å². The lowest BCUT2D eigenvalue weighted by molar-refractivity contribution is 0.0832. The number of nitrogens with one attached hydrogen (secondary N) is 1. The number of para-hydroxylation sites is 2. The number of amides is 1. The van der Waals surface area contributed by atoms with Gasteiger partial charge in [0.15, 0.2) is 0 Å². The number of anilines is 1. The first-order valence-corrected chi connectivity index (χ1v) is 9.61. The van der Waals surface area contributed by atoms with Gasteiger partial charge in [0.05, 0.1) is 12.3 Å². The molecular weight excluding hydrogens is 316 g/mol. The minimum atomic E-state index is -0.422. The Bertz CT molecular complexity index is 515. The Morgan fingerprint density at radius 1 is 1.20 bits per heavy atom. The van der Waals surface area contributed by atoms with Gasteiger partial charge >= 0.3 is 6.09 Å². The van der Waals surface area contributed by atoms with Gasteiger partial charge in [0, 0.05) is 6.54 Å². The Hall–Kier alpha value is -1.75. The number of carbonyl (C=O) groups excluding carboxylic acids is 1. The van der Waals surface area contributed by atoms with Crippen LogP contribution in [-0.4, -0.2) is 43.3 Å². The van der Waals surface area contributed by atoms with Gasteiger partial charge < -0.3 is 9.47 Å². The fraction of sp³-hybridized carbons (Fsp3) is 0.650. The first kappa shape index (κ1) is 19.6. The maximum atomic E-state index is 12.2. The summed E-state index contributed by atoms with van der Waals surface area (Å²) < 4.78 is 11.3. The van der Waals surface area contributed by atoms with Crippen molar-refractivity contribution in [2.75, 3.05) is 31.6 Å². The molecule has 5 nitrogen and oxygen atoms in total. The number of likely N-dealkylation sites (tertiary alicyclic amines) is 1. The molecule has 2 rings (SSSR count). The highest BCUT2D eigenvalue weighted by Gasteiger charge is 2.17. The second-order valence-corrected chi connectivity index (χ2v) is 6.75. The average Bonchev–Trinajstić information content (AvgIpc) is 2.60.